The van der Waals surface area contributed by atoms with Crippen LogP contribution in [0.1, 0.15) is 0 Å². The number of nitrogens with zero attached hydrogens (tertiary/aromatic N) is 1. The first-order chi connectivity index (χ1) is 3.29. The Bertz CT molecular complexity index is 98.0. The minimum atomic E-state index is 0. The summed E-state index contributed by atoms with van der Waals surface area (Å²) in [5.74, 6) is 1.02. The van der Waals surface area contributed by atoms with Gasteiger partial charge in [0.25, 0.3) is 0 Å². The number of halogens is 1. The van der Waals surface area contributed by atoms with Gasteiger partial charge in [0.05, 0.1) is 12.3 Å². The molecule has 0 spiro atoms. The van der Waals surface area contributed by atoms with Crippen LogP contribution in [0.25, 0.3) is 0 Å². The summed E-state index contributed by atoms with van der Waals surface area (Å²) in [6.07, 6.45) is 0. The number of likely N-dealkylation sites (N-methyl/N-ethyl adjacent to an activating group) is 1. The molecule has 0 aromatic carbocycles. The Hall–Kier alpha value is 0.270. The van der Waals surface area contributed by atoms with Crippen LogP contribution in [-0.4, -0.2) is 29.4 Å². The molecule has 0 unspecified atom stereocenters. The highest BCUT2D eigenvalue weighted by molar-refractivity contribution is 7.98. The maximum absolute atomic E-state index is 10.4. The van der Waals surface area contributed by atoms with Crippen LogP contribution in [0.4, 0.5) is 0 Å². The Morgan fingerprint density at radius 1 is 1.75 bits per heavy atom. The number of rotatable bonds is 0. The highest BCUT2D eigenvalue weighted by Crippen LogP contribution is 2.12. The maximum Gasteiger partial charge on any atom is 0.158 e. The lowest BCUT2D eigenvalue weighted by Crippen LogP contribution is -2.08. The lowest BCUT2D eigenvalue weighted by atomic mass is 10.5. The van der Waals surface area contributed by atoms with Crippen molar-refractivity contribution in [1.29, 1.82) is 0 Å². The third-order valence-electron chi connectivity index (χ3n) is 0.845. The van der Waals surface area contributed by atoms with Crippen LogP contribution >= 0.6 is 24.4 Å². The summed E-state index contributed by atoms with van der Waals surface area (Å²) in [6, 6.07) is 0. The molecule has 48 valence electrons. The molecule has 1 heterocycles. The minimum Gasteiger partial charge on any atom is -0.297 e. The van der Waals surface area contributed by atoms with E-state index >= 15 is 0 Å². The van der Waals surface area contributed by atoms with Crippen molar-refractivity contribution >= 4 is 30.1 Å². The second-order valence-electron chi connectivity index (χ2n) is 1.60. The Morgan fingerprint density at radius 2 is 2.38 bits per heavy atom. The van der Waals surface area contributed by atoms with E-state index in [9.17, 15) is 4.79 Å². The summed E-state index contributed by atoms with van der Waals surface area (Å²) in [4.78, 5) is 10.4. The molecule has 0 aromatic rings. The van der Waals surface area contributed by atoms with E-state index in [1.165, 1.54) is 0 Å². The Kier molecular flexibility index (Phi) is 3.44. The monoisotopic (exact) mass is 153 g/mol. The number of ketones is 1. The molecule has 8 heavy (non-hydrogen) atoms. The first-order valence-corrected chi connectivity index (χ1v) is 3.09. The first kappa shape index (κ1) is 8.27. The lowest BCUT2D eigenvalue weighted by Gasteiger charge is -1.98. The van der Waals surface area contributed by atoms with Crippen LogP contribution in [0.5, 0.6) is 0 Å². The molecule has 1 aliphatic rings. The van der Waals surface area contributed by atoms with Crippen molar-refractivity contribution in [3.05, 3.63) is 0 Å². The molecule has 0 radical (unpaired) electrons. The summed E-state index contributed by atoms with van der Waals surface area (Å²) in [7, 11) is 1.93. The van der Waals surface area contributed by atoms with Gasteiger partial charge in [0.2, 0.25) is 0 Å². The van der Waals surface area contributed by atoms with Gasteiger partial charge in [0.1, 0.15) is 0 Å². The Labute approximate surface area is 59.2 Å². The van der Waals surface area contributed by atoms with E-state index in [0.29, 0.717) is 18.1 Å². The molecule has 1 rings (SSSR count). The van der Waals surface area contributed by atoms with E-state index < -0.39 is 0 Å². The molecular weight excluding hydrogens is 146 g/mol. The minimum absolute atomic E-state index is 0. The second-order valence-corrected chi connectivity index (χ2v) is 2.77. The van der Waals surface area contributed by atoms with Gasteiger partial charge in [-0.05, 0) is 7.05 Å². The summed E-state index contributed by atoms with van der Waals surface area (Å²) >= 11 is 1.59. The van der Waals surface area contributed by atoms with Gasteiger partial charge < -0.3 is 0 Å². The van der Waals surface area contributed by atoms with E-state index in [1.54, 1.807) is 11.9 Å². The highest BCUT2D eigenvalue weighted by atomic mass is 35.5. The molecule has 1 saturated heterocycles. The number of hydrogen-bond acceptors (Lipinski definition) is 3. The molecule has 0 atom stereocenters. The quantitative estimate of drug-likeness (QED) is 0.475. The maximum atomic E-state index is 10.4. The largest absolute Gasteiger partial charge is 0.297 e. The van der Waals surface area contributed by atoms with Crippen molar-refractivity contribution < 1.29 is 4.79 Å². The number of hydrogen-bond donors (Lipinski definition) is 0. The van der Waals surface area contributed by atoms with Gasteiger partial charge in [-0.3, -0.25) is 4.79 Å². The standard InChI is InChI=1S/C4H7NOS.ClH/c1-5-2-4(6)3-7-5;/h2-3H2,1H3;1H. The molecule has 4 heteroatoms. The Balaban J connectivity index is 0.000000490. The van der Waals surface area contributed by atoms with Gasteiger partial charge in [0, 0.05) is 0 Å². The summed E-state index contributed by atoms with van der Waals surface area (Å²) in [6.45, 7) is 0.630. The molecule has 0 amide bonds. The molecule has 2 nitrogen and oxygen atoms in total. The van der Waals surface area contributed by atoms with E-state index in [2.05, 4.69) is 0 Å². The third kappa shape index (κ3) is 2.03. The van der Waals surface area contributed by atoms with E-state index in [0.717, 1.165) is 0 Å². The molecule has 0 saturated carbocycles. The van der Waals surface area contributed by atoms with Crippen LogP contribution in [0.2, 0.25) is 0 Å². The number of Topliss-reactive ketones (excluding diaryl/α,β-unsaturated/α-hetero) is 1. The van der Waals surface area contributed by atoms with E-state index in [-0.39, 0.29) is 12.4 Å². The summed E-state index contributed by atoms with van der Waals surface area (Å²) in [5.41, 5.74) is 0. The molecule has 1 fully saturated rings. The van der Waals surface area contributed by atoms with Crippen molar-refractivity contribution in [3.8, 4) is 0 Å². The van der Waals surface area contributed by atoms with Crippen LogP contribution in [0.3, 0.4) is 0 Å². The van der Waals surface area contributed by atoms with Crippen molar-refractivity contribution in [3.63, 3.8) is 0 Å². The molecule has 0 aliphatic carbocycles. The van der Waals surface area contributed by atoms with Crippen molar-refractivity contribution in [2.75, 3.05) is 19.3 Å². The fraction of sp³-hybridized carbons (Fsp3) is 0.750. The Morgan fingerprint density at radius 3 is 2.50 bits per heavy atom. The van der Waals surface area contributed by atoms with Crippen molar-refractivity contribution in [2.24, 2.45) is 0 Å². The zero-order chi connectivity index (χ0) is 5.28. The molecule has 0 aromatic heterocycles. The zero-order valence-corrected chi connectivity index (χ0v) is 6.22. The summed E-state index contributed by atoms with van der Waals surface area (Å²) in [5, 5.41) is 0. The van der Waals surface area contributed by atoms with E-state index in [1.807, 2.05) is 11.4 Å². The fourth-order valence-corrected chi connectivity index (χ4v) is 1.21. The average Bonchev–Trinajstić information content (AvgIpc) is 1.87. The third-order valence-corrected chi connectivity index (χ3v) is 1.87. The number of carbonyl (C=O) groups excluding carboxylic acids is 1. The predicted octanol–water partition coefficient (Wildman–Crippen LogP) is 0.571. The lowest BCUT2D eigenvalue weighted by molar-refractivity contribution is -0.115. The topological polar surface area (TPSA) is 20.3 Å². The fourth-order valence-electron chi connectivity index (χ4n) is 0.522. The summed E-state index contributed by atoms with van der Waals surface area (Å²) < 4.78 is 1.95. The second kappa shape index (κ2) is 3.33. The molecule has 1 aliphatic heterocycles. The van der Waals surface area contributed by atoms with Gasteiger partial charge >= 0.3 is 0 Å². The van der Waals surface area contributed by atoms with Crippen LogP contribution < -0.4 is 0 Å². The SMILES string of the molecule is CN1CC(=O)CS1.Cl. The number of carbonyl (C=O) groups is 1. The van der Waals surface area contributed by atoms with Gasteiger partial charge in [-0.25, -0.2) is 4.31 Å². The molecular formula is C4H8ClNOS. The molecule has 0 bridgehead atoms. The highest BCUT2D eigenvalue weighted by Gasteiger charge is 2.14. The average molecular weight is 154 g/mol. The van der Waals surface area contributed by atoms with Crippen molar-refractivity contribution in [2.45, 2.75) is 0 Å². The normalized spacial score (nSPS) is 20.9. The van der Waals surface area contributed by atoms with Gasteiger partial charge in [-0.2, -0.15) is 0 Å². The van der Waals surface area contributed by atoms with Gasteiger partial charge in [-0.15, -0.1) is 12.4 Å². The smallest absolute Gasteiger partial charge is 0.158 e. The first-order valence-electron chi connectivity index (χ1n) is 2.15. The van der Waals surface area contributed by atoms with Gasteiger partial charge in [0.15, 0.2) is 5.78 Å². The zero-order valence-electron chi connectivity index (χ0n) is 4.59. The van der Waals surface area contributed by atoms with Crippen LogP contribution in [0.15, 0.2) is 0 Å². The van der Waals surface area contributed by atoms with Gasteiger partial charge in [-0.1, -0.05) is 11.9 Å². The van der Waals surface area contributed by atoms with E-state index in [4.69, 9.17) is 0 Å². The van der Waals surface area contributed by atoms with Crippen LogP contribution in [-0.2, 0) is 4.79 Å². The predicted molar refractivity (Wildman–Crippen MR) is 37.3 cm³/mol. The van der Waals surface area contributed by atoms with Crippen molar-refractivity contribution in [1.82, 2.24) is 4.31 Å². The van der Waals surface area contributed by atoms with Crippen LogP contribution in [0, 0.1) is 0 Å². The molecule has 0 N–H and O–H groups in total.